The Balaban J connectivity index is 2.98. The lowest BCUT2D eigenvalue weighted by atomic mass is 10.2. The average Bonchev–Trinajstić information content (AvgIpc) is 2.28. The molecule has 4 heteroatoms. The number of rotatable bonds is 2. The monoisotopic (exact) mass is 237 g/mol. The van der Waals surface area contributed by atoms with Crippen LogP contribution in [0.5, 0.6) is 5.75 Å². The van der Waals surface area contributed by atoms with Gasteiger partial charge in [0, 0.05) is 12.3 Å². The number of hydrogen-bond donors (Lipinski definition) is 0. The summed E-state index contributed by atoms with van der Waals surface area (Å²) >= 11 is 0. The van der Waals surface area contributed by atoms with Crippen LogP contribution in [0.2, 0.25) is 18.1 Å². The van der Waals surface area contributed by atoms with E-state index in [1.807, 2.05) is 0 Å². The topological polar surface area (TPSA) is 39.2 Å². The van der Waals surface area contributed by atoms with E-state index in [1.54, 1.807) is 12.1 Å². The molecule has 1 rings (SSSR count). The van der Waals surface area contributed by atoms with Gasteiger partial charge in [-0.3, -0.25) is 4.79 Å². The van der Waals surface area contributed by atoms with E-state index < -0.39 is 8.32 Å². The summed E-state index contributed by atoms with van der Waals surface area (Å²) in [6.07, 6.45) is 1.49. The molecule has 0 radical (unpaired) electrons. The molecule has 0 bridgehead atoms. The molecule has 0 aliphatic carbocycles. The number of nitrogens with zero attached hydrogens (tertiary/aromatic N) is 1. The van der Waals surface area contributed by atoms with Gasteiger partial charge in [0.1, 0.15) is 5.75 Å². The van der Waals surface area contributed by atoms with Crippen LogP contribution in [0.4, 0.5) is 0 Å². The highest BCUT2D eigenvalue weighted by Crippen LogP contribution is 2.36. The van der Waals surface area contributed by atoms with E-state index in [9.17, 15) is 4.79 Å². The lowest BCUT2D eigenvalue weighted by Gasteiger charge is -2.36. The fourth-order valence-corrected chi connectivity index (χ4v) is 1.98. The zero-order chi connectivity index (χ0) is 12.4. The van der Waals surface area contributed by atoms with Crippen LogP contribution in [0.1, 0.15) is 20.8 Å². The van der Waals surface area contributed by atoms with Gasteiger partial charge in [0.2, 0.25) is 8.32 Å². The third kappa shape index (κ3) is 3.17. The zero-order valence-corrected chi connectivity index (χ0v) is 11.6. The summed E-state index contributed by atoms with van der Waals surface area (Å²) in [5.41, 5.74) is -0.245. The van der Waals surface area contributed by atoms with Crippen LogP contribution >= 0.6 is 0 Å². The van der Waals surface area contributed by atoms with E-state index in [1.165, 1.54) is 12.3 Å². The van der Waals surface area contributed by atoms with Crippen LogP contribution in [0.3, 0.4) is 0 Å². The van der Waals surface area contributed by atoms with Crippen LogP contribution in [0.15, 0.2) is 29.2 Å². The number of hydrogen-bond acceptors (Lipinski definition) is 3. The normalized spacial score (nSPS) is 12.3. The molecule has 0 spiro atoms. The van der Waals surface area contributed by atoms with Gasteiger partial charge in [0.25, 0.3) is 5.56 Å². The molecule has 16 heavy (non-hydrogen) atoms. The molecule has 0 fully saturated rings. The summed E-state index contributed by atoms with van der Waals surface area (Å²) < 4.78 is 6.04. The lowest BCUT2D eigenvalue weighted by Crippen LogP contribution is -2.43. The van der Waals surface area contributed by atoms with Crippen molar-refractivity contribution in [2.24, 2.45) is 0 Å². The SMILES string of the molecule is CC(C)(C)[Si](C)(C)Oc1ccnc(=O)cc1. The van der Waals surface area contributed by atoms with Crippen LogP contribution in [0, 0.1) is 0 Å². The van der Waals surface area contributed by atoms with Gasteiger partial charge in [0.15, 0.2) is 0 Å². The molecule has 0 amide bonds. The van der Waals surface area contributed by atoms with Crippen molar-refractivity contribution in [2.75, 3.05) is 0 Å². The van der Waals surface area contributed by atoms with Gasteiger partial charge in [-0.1, -0.05) is 20.8 Å². The molecule has 0 aromatic carbocycles. The summed E-state index contributed by atoms with van der Waals surface area (Å²) in [5.74, 6) is 0.723. The van der Waals surface area contributed by atoms with E-state index in [4.69, 9.17) is 4.43 Å². The van der Waals surface area contributed by atoms with Crippen LogP contribution in [0.25, 0.3) is 0 Å². The van der Waals surface area contributed by atoms with Crippen molar-refractivity contribution in [3.8, 4) is 5.75 Å². The Hall–Kier alpha value is -1.16. The summed E-state index contributed by atoms with van der Waals surface area (Å²) in [5, 5.41) is 0.148. The van der Waals surface area contributed by atoms with Crippen LogP contribution in [-0.2, 0) is 0 Å². The van der Waals surface area contributed by atoms with Crippen molar-refractivity contribution in [3.05, 3.63) is 34.7 Å². The molecule has 0 saturated heterocycles. The van der Waals surface area contributed by atoms with E-state index >= 15 is 0 Å². The Morgan fingerprint density at radius 3 is 2.38 bits per heavy atom. The fraction of sp³-hybridized carbons (Fsp3) is 0.500. The van der Waals surface area contributed by atoms with Gasteiger partial charge in [-0.25, -0.2) is 4.98 Å². The van der Waals surface area contributed by atoms with E-state index in [-0.39, 0.29) is 10.6 Å². The van der Waals surface area contributed by atoms with E-state index in [0.717, 1.165) is 5.75 Å². The molecule has 88 valence electrons. The maximum absolute atomic E-state index is 11.0. The minimum absolute atomic E-state index is 0.148. The highest BCUT2D eigenvalue weighted by molar-refractivity contribution is 6.74. The molecule has 0 atom stereocenters. The standard InChI is InChI=1S/C12H19NO2Si/c1-12(2,3)16(4,5)15-10-6-7-11(14)13-9-8-10/h6-9H,1-5H3. The molecule has 3 nitrogen and oxygen atoms in total. The van der Waals surface area contributed by atoms with Crippen molar-refractivity contribution in [3.63, 3.8) is 0 Å². The number of aromatic nitrogens is 1. The van der Waals surface area contributed by atoms with Gasteiger partial charge in [-0.2, -0.15) is 0 Å². The summed E-state index contributed by atoms with van der Waals surface area (Å²) in [7, 11) is -1.83. The van der Waals surface area contributed by atoms with Gasteiger partial charge < -0.3 is 4.43 Å². The second kappa shape index (κ2) is 4.37. The fourth-order valence-electron chi connectivity index (χ4n) is 0.952. The first-order valence-electron chi connectivity index (χ1n) is 5.38. The smallest absolute Gasteiger partial charge is 0.269 e. The first-order valence-corrected chi connectivity index (χ1v) is 8.29. The minimum Gasteiger partial charge on any atom is -0.543 e. The molecular weight excluding hydrogens is 218 g/mol. The minimum atomic E-state index is -1.83. The molecule has 0 unspecified atom stereocenters. The molecule has 0 aliphatic rings. The highest BCUT2D eigenvalue weighted by atomic mass is 28.4. The van der Waals surface area contributed by atoms with Crippen molar-refractivity contribution in [1.29, 1.82) is 0 Å². The quantitative estimate of drug-likeness (QED) is 0.742. The maximum Gasteiger partial charge on any atom is 0.269 e. The predicted molar refractivity (Wildman–Crippen MR) is 68.3 cm³/mol. The van der Waals surface area contributed by atoms with Gasteiger partial charge in [-0.15, -0.1) is 0 Å². The third-order valence-corrected chi connectivity index (χ3v) is 7.37. The predicted octanol–water partition coefficient (Wildman–Crippen LogP) is 2.83. The second-order valence-corrected chi connectivity index (χ2v) is 10.1. The van der Waals surface area contributed by atoms with Crippen molar-refractivity contribution < 1.29 is 4.43 Å². The van der Waals surface area contributed by atoms with Crippen LogP contribution < -0.4 is 9.99 Å². The van der Waals surface area contributed by atoms with E-state index in [0.29, 0.717) is 0 Å². The Labute approximate surface area is 97.6 Å². The molecular formula is C12H19NO2Si. The first-order chi connectivity index (χ1) is 7.22. The van der Waals surface area contributed by atoms with Crippen LogP contribution in [-0.4, -0.2) is 13.3 Å². The maximum atomic E-state index is 11.0. The van der Waals surface area contributed by atoms with Gasteiger partial charge in [-0.05, 0) is 30.3 Å². The third-order valence-electron chi connectivity index (χ3n) is 3.01. The summed E-state index contributed by atoms with van der Waals surface area (Å²) in [4.78, 5) is 14.7. The zero-order valence-electron chi connectivity index (χ0n) is 10.6. The average molecular weight is 237 g/mol. The summed E-state index contributed by atoms with van der Waals surface area (Å²) in [6.45, 7) is 10.9. The van der Waals surface area contributed by atoms with Crippen molar-refractivity contribution in [2.45, 2.75) is 38.9 Å². The molecule has 1 heterocycles. The Morgan fingerprint density at radius 2 is 1.81 bits per heavy atom. The molecule has 0 N–H and O–H groups in total. The largest absolute Gasteiger partial charge is 0.543 e. The lowest BCUT2D eigenvalue weighted by molar-refractivity contribution is 0.492. The highest BCUT2D eigenvalue weighted by Gasteiger charge is 2.38. The Morgan fingerprint density at radius 1 is 1.19 bits per heavy atom. The van der Waals surface area contributed by atoms with Gasteiger partial charge in [0.05, 0.1) is 0 Å². The Bertz CT molecular complexity index is 424. The molecule has 1 aromatic rings. The molecule has 0 saturated carbocycles. The second-order valence-electron chi connectivity index (χ2n) is 5.38. The Kier molecular flexibility index (Phi) is 3.53. The van der Waals surface area contributed by atoms with Crippen molar-refractivity contribution >= 4 is 8.32 Å². The van der Waals surface area contributed by atoms with E-state index in [2.05, 4.69) is 38.8 Å². The summed E-state index contributed by atoms with van der Waals surface area (Å²) in [6, 6.07) is 4.86. The van der Waals surface area contributed by atoms with Gasteiger partial charge >= 0.3 is 0 Å². The van der Waals surface area contributed by atoms with Crippen molar-refractivity contribution in [1.82, 2.24) is 4.98 Å². The molecule has 1 aromatic heterocycles. The first kappa shape index (κ1) is 12.9. The molecule has 0 aliphatic heterocycles.